The van der Waals surface area contributed by atoms with Crippen molar-refractivity contribution in [1.82, 2.24) is 5.32 Å². The summed E-state index contributed by atoms with van der Waals surface area (Å²) in [7, 11) is 0. The van der Waals surface area contributed by atoms with Crippen LogP contribution < -0.4 is 5.32 Å². The van der Waals surface area contributed by atoms with Gasteiger partial charge in [0.1, 0.15) is 0 Å². The smallest absolute Gasteiger partial charge is 0.0693 e. The summed E-state index contributed by atoms with van der Waals surface area (Å²) in [6.45, 7) is 6.77. The van der Waals surface area contributed by atoms with Gasteiger partial charge in [-0.2, -0.15) is 0 Å². The summed E-state index contributed by atoms with van der Waals surface area (Å²) >= 11 is 0. The molecule has 0 aromatic heterocycles. The zero-order valence-electron chi connectivity index (χ0n) is 10.5. The number of nitrogens with one attached hydrogen (secondary N) is 1. The maximum Gasteiger partial charge on any atom is 0.0693 e. The van der Waals surface area contributed by atoms with Crippen molar-refractivity contribution in [2.75, 3.05) is 0 Å². The molecule has 1 saturated carbocycles. The summed E-state index contributed by atoms with van der Waals surface area (Å²) in [4.78, 5) is 0. The van der Waals surface area contributed by atoms with E-state index in [0.717, 1.165) is 18.8 Å². The van der Waals surface area contributed by atoms with Gasteiger partial charge in [-0.15, -0.1) is 0 Å². The highest BCUT2D eigenvalue weighted by atomic mass is 16.3. The SMILES string of the molecule is CCC(CC)C(C)NC1CCCCC1O. The molecule has 0 spiro atoms. The van der Waals surface area contributed by atoms with Gasteiger partial charge < -0.3 is 10.4 Å². The van der Waals surface area contributed by atoms with E-state index < -0.39 is 0 Å². The van der Waals surface area contributed by atoms with Crippen LogP contribution in [-0.2, 0) is 0 Å². The second-order valence-electron chi connectivity index (χ2n) is 4.99. The average molecular weight is 213 g/mol. The number of hydrogen-bond donors (Lipinski definition) is 2. The number of hydrogen-bond acceptors (Lipinski definition) is 2. The summed E-state index contributed by atoms with van der Waals surface area (Å²) in [5.74, 6) is 0.749. The van der Waals surface area contributed by atoms with E-state index in [0.29, 0.717) is 12.1 Å². The van der Waals surface area contributed by atoms with Crippen molar-refractivity contribution in [3.63, 3.8) is 0 Å². The van der Waals surface area contributed by atoms with Gasteiger partial charge in [0.05, 0.1) is 6.10 Å². The summed E-state index contributed by atoms with van der Waals surface area (Å²) in [5.41, 5.74) is 0. The Morgan fingerprint density at radius 1 is 1.20 bits per heavy atom. The molecule has 0 aromatic rings. The molecule has 0 aromatic carbocycles. The van der Waals surface area contributed by atoms with Crippen LogP contribution in [0.2, 0.25) is 0 Å². The molecule has 3 unspecified atom stereocenters. The summed E-state index contributed by atoms with van der Waals surface area (Å²) < 4.78 is 0. The number of aliphatic hydroxyl groups is 1. The molecule has 1 aliphatic rings. The van der Waals surface area contributed by atoms with Crippen LogP contribution in [0.1, 0.15) is 59.3 Å². The van der Waals surface area contributed by atoms with Crippen molar-refractivity contribution in [2.45, 2.75) is 77.5 Å². The quantitative estimate of drug-likeness (QED) is 0.736. The molecule has 0 radical (unpaired) electrons. The maximum absolute atomic E-state index is 9.88. The summed E-state index contributed by atoms with van der Waals surface area (Å²) in [6.07, 6.45) is 6.93. The Kier molecular flexibility index (Phi) is 5.62. The fourth-order valence-electron chi connectivity index (χ4n) is 2.78. The van der Waals surface area contributed by atoms with Gasteiger partial charge in [0.25, 0.3) is 0 Å². The van der Waals surface area contributed by atoms with E-state index in [4.69, 9.17) is 0 Å². The zero-order valence-corrected chi connectivity index (χ0v) is 10.5. The van der Waals surface area contributed by atoms with Gasteiger partial charge in [-0.1, -0.05) is 39.5 Å². The molecule has 2 N–H and O–H groups in total. The molecule has 0 bridgehead atoms. The van der Waals surface area contributed by atoms with Crippen LogP contribution in [0.3, 0.4) is 0 Å². The lowest BCUT2D eigenvalue weighted by Crippen LogP contribution is -2.48. The van der Waals surface area contributed by atoms with E-state index >= 15 is 0 Å². The molecule has 3 atom stereocenters. The number of aliphatic hydroxyl groups excluding tert-OH is 1. The molecule has 0 aliphatic heterocycles. The lowest BCUT2D eigenvalue weighted by atomic mass is 9.89. The Morgan fingerprint density at radius 2 is 1.80 bits per heavy atom. The lowest BCUT2D eigenvalue weighted by molar-refractivity contribution is 0.0807. The van der Waals surface area contributed by atoms with E-state index in [1.807, 2.05) is 0 Å². The van der Waals surface area contributed by atoms with Gasteiger partial charge in [0.15, 0.2) is 0 Å². The molecule has 0 amide bonds. The first-order chi connectivity index (χ1) is 7.19. The van der Waals surface area contributed by atoms with Crippen molar-refractivity contribution < 1.29 is 5.11 Å². The van der Waals surface area contributed by atoms with Crippen LogP contribution in [0, 0.1) is 5.92 Å². The molecule has 1 fully saturated rings. The Morgan fingerprint density at radius 3 is 2.33 bits per heavy atom. The minimum atomic E-state index is -0.115. The van der Waals surface area contributed by atoms with E-state index in [9.17, 15) is 5.11 Å². The molecule has 0 saturated heterocycles. The van der Waals surface area contributed by atoms with Crippen molar-refractivity contribution in [3.8, 4) is 0 Å². The zero-order chi connectivity index (χ0) is 11.3. The molecular formula is C13H27NO. The third-order valence-corrected chi connectivity index (χ3v) is 3.96. The molecule has 1 aliphatic carbocycles. The highest BCUT2D eigenvalue weighted by Gasteiger charge is 2.25. The van der Waals surface area contributed by atoms with E-state index in [1.165, 1.54) is 25.7 Å². The van der Waals surface area contributed by atoms with Crippen LogP contribution in [0.4, 0.5) is 0 Å². The van der Waals surface area contributed by atoms with E-state index in [2.05, 4.69) is 26.1 Å². The molecule has 90 valence electrons. The van der Waals surface area contributed by atoms with Crippen LogP contribution in [0.5, 0.6) is 0 Å². The Bertz CT molecular complexity index is 168. The van der Waals surface area contributed by atoms with E-state index in [1.54, 1.807) is 0 Å². The van der Waals surface area contributed by atoms with Crippen molar-refractivity contribution >= 4 is 0 Å². The maximum atomic E-state index is 9.88. The Balaban J connectivity index is 2.38. The fourth-order valence-corrected chi connectivity index (χ4v) is 2.78. The fraction of sp³-hybridized carbons (Fsp3) is 1.00. The highest BCUT2D eigenvalue weighted by molar-refractivity contribution is 4.84. The van der Waals surface area contributed by atoms with Crippen LogP contribution in [0.15, 0.2) is 0 Å². The second-order valence-corrected chi connectivity index (χ2v) is 4.99. The normalized spacial score (nSPS) is 29.4. The molecule has 2 heteroatoms. The molecule has 15 heavy (non-hydrogen) atoms. The molecule has 2 nitrogen and oxygen atoms in total. The Labute approximate surface area is 94.5 Å². The van der Waals surface area contributed by atoms with Crippen molar-refractivity contribution in [3.05, 3.63) is 0 Å². The summed E-state index contributed by atoms with van der Waals surface area (Å²) in [6, 6.07) is 0.882. The van der Waals surface area contributed by atoms with Gasteiger partial charge in [-0.25, -0.2) is 0 Å². The van der Waals surface area contributed by atoms with Crippen LogP contribution >= 0.6 is 0 Å². The minimum absolute atomic E-state index is 0.115. The second kappa shape index (κ2) is 6.49. The van der Waals surface area contributed by atoms with E-state index in [-0.39, 0.29) is 6.10 Å². The van der Waals surface area contributed by atoms with Crippen LogP contribution in [-0.4, -0.2) is 23.3 Å². The lowest BCUT2D eigenvalue weighted by Gasteiger charge is -2.33. The van der Waals surface area contributed by atoms with Gasteiger partial charge >= 0.3 is 0 Å². The monoisotopic (exact) mass is 213 g/mol. The number of rotatable bonds is 5. The van der Waals surface area contributed by atoms with Gasteiger partial charge in [0, 0.05) is 12.1 Å². The first-order valence-corrected chi connectivity index (χ1v) is 6.63. The van der Waals surface area contributed by atoms with Gasteiger partial charge in [-0.05, 0) is 25.7 Å². The first-order valence-electron chi connectivity index (χ1n) is 6.63. The topological polar surface area (TPSA) is 32.3 Å². The molecule has 1 rings (SSSR count). The summed E-state index contributed by atoms with van der Waals surface area (Å²) in [5, 5.41) is 13.5. The van der Waals surface area contributed by atoms with Crippen molar-refractivity contribution in [2.24, 2.45) is 5.92 Å². The minimum Gasteiger partial charge on any atom is -0.392 e. The van der Waals surface area contributed by atoms with Crippen molar-refractivity contribution in [1.29, 1.82) is 0 Å². The third-order valence-electron chi connectivity index (χ3n) is 3.96. The highest BCUT2D eigenvalue weighted by Crippen LogP contribution is 2.21. The standard InChI is InChI=1S/C13H27NO/c1-4-11(5-2)10(3)14-12-8-6-7-9-13(12)15/h10-15H,4-9H2,1-3H3. The Hall–Kier alpha value is -0.0800. The largest absolute Gasteiger partial charge is 0.392 e. The predicted octanol–water partition coefficient (Wildman–Crippen LogP) is 2.70. The average Bonchev–Trinajstić information content (AvgIpc) is 2.23. The first kappa shape index (κ1) is 13.0. The predicted molar refractivity (Wildman–Crippen MR) is 64.9 cm³/mol. The molecular weight excluding hydrogens is 186 g/mol. The van der Waals surface area contributed by atoms with Gasteiger partial charge in [0.2, 0.25) is 0 Å². The van der Waals surface area contributed by atoms with Crippen LogP contribution in [0.25, 0.3) is 0 Å². The van der Waals surface area contributed by atoms with Gasteiger partial charge in [-0.3, -0.25) is 0 Å². The molecule has 0 heterocycles. The third kappa shape index (κ3) is 3.76.